The van der Waals surface area contributed by atoms with E-state index < -0.39 is 0 Å². The third-order valence-corrected chi connectivity index (χ3v) is 4.94. The second-order valence-electron chi connectivity index (χ2n) is 7.08. The Morgan fingerprint density at radius 1 is 1.00 bits per heavy atom. The van der Waals surface area contributed by atoms with E-state index in [-0.39, 0.29) is 11.9 Å². The number of rotatable bonds is 3. The maximum Gasteiger partial charge on any atom is 0.321 e. The SMILES string of the molecule is Cc1cc(C)n(-c2cccc(NC(=O)N3CCN(C(=O)c4ccco4)CC3)c2)n1. The smallest absolute Gasteiger partial charge is 0.321 e. The minimum atomic E-state index is -0.180. The van der Waals surface area contributed by atoms with Gasteiger partial charge in [-0.05, 0) is 50.2 Å². The Morgan fingerprint density at radius 2 is 1.76 bits per heavy atom. The van der Waals surface area contributed by atoms with Crippen molar-refractivity contribution in [3.05, 3.63) is 65.9 Å². The molecule has 29 heavy (non-hydrogen) atoms. The first-order valence-electron chi connectivity index (χ1n) is 9.54. The van der Waals surface area contributed by atoms with Crippen LogP contribution in [0.25, 0.3) is 5.69 Å². The zero-order valence-electron chi connectivity index (χ0n) is 16.5. The number of amides is 3. The summed E-state index contributed by atoms with van der Waals surface area (Å²) >= 11 is 0. The van der Waals surface area contributed by atoms with Crippen LogP contribution in [0.15, 0.2) is 53.1 Å². The number of benzene rings is 1. The highest BCUT2D eigenvalue weighted by molar-refractivity contribution is 5.92. The van der Waals surface area contributed by atoms with Crippen LogP contribution in [0.2, 0.25) is 0 Å². The lowest BCUT2D eigenvalue weighted by Crippen LogP contribution is -2.51. The highest BCUT2D eigenvalue weighted by Crippen LogP contribution is 2.18. The third-order valence-electron chi connectivity index (χ3n) is 4.94. The topological polar surface area (TPSA) is 83.6 Å². The number of aryl methyl sites for hydroxylation is 2. The van der Waals surface area contributed by atoms with Gasteiger partial charge in [-0.25, -0.2) is 9.48 Å². The number of hydrogen-bond acceptors (Lipinski definition) is 4. The fourth-order valence-electron chi connectivity index (χ4n) is 3.48. The van der Waals surface area contributed by atoms with Gasteiger partial charge in [0.2, 0.25) is 0 Å². The molecule has 3 amide bonds. The van der Waals surface area contributed by atoms with Gasteiger partial charge < -0.3 is 19.5 Å². The van der Waals surface area contributed by atoms with Crippen molar-refractivity contribution in [2.45, 2.75) is 13.8 Å². The van der Waals surface area contributed by atoms with E-state index >= 15 is 0 Å². The molecule has 3 heterocycles. The van der Waals surface area contributed by atoms with Gasteiger partial charge in [0, 0.05) is 37.6 Å². The van der Waals surface area contributed by atoms with Crippen molar-refractivity contribution < 1.29 is 14.0 Å². The molecule has 1 aliphatic rings. The summed E-state index contributed by atoms with van der Waals surface area (Å²) in [7, 11) is 0. The fourth-order valence-corrected chi connectivity index (χ4v) is 3.48. The Balaban J connectivity index is 1.37. The van der Waals surface area contributed by atoms with E-state index in [0.717, 1.165) is 17.1 Å². The molecule has 1 aromatic carbocycles. The predicted molar refractivity (Wildman–Crippen MR) is 108 cm³/mol. The van der Waals surface area contributed by atoms with Crippen LogP contribution >= 0.6 is 0 Å². The van der Waals surface area contributed by atoms with Gasteiger partial charge in [0.1, 0.15) is 0 Å². The quantitative estimate of drug-likeness (QED) is 0.741. The average molecular weight is 393 g/mol. The number of anilines is 1. The number of carbonyl (C=O) groups is 2. The van der Waals surface area contributed by atoms with Crippen LogP contribution in [-0.4, -0.2) is 57.7 Å². The van der Waals surface area contributed by atoms with Gasteiger partial charge in [-0.2, -0.15) is 5.10 Å². The fraction of sp³-hybridized carbons (Fsp3) is 0.286. The highest BCUT2D eigenvalue weighted by atomic mass is 16.3. The van der Waals surface area contributed by atoms with E-state index in [1.54, 1.807) is 21.9 Å². The second-order valence-corrected chi connectivity index (χ2v) is 7.08. The predicted octanol–water partition coefficient (Wildman–Crippen LogP) is 3.07. The molecule has 0 spiro atoms. The first-order chi connectivity index (χ1) is 14.0. The van der Waals surface area contributed by atoms with Crippen molar-refractivity contribution >= 4 is 17.6 Å². The number of nitrogens with zero attached hydrogens (tertiary/aromatic N) is 4. The van der Waals surface area contributed by atoms with Crippen LogP contribution in [0.1, 0.15) is 21.9 Å². The second kappa shape index (κ2) is 7.83. The molecule has 3 aromatic rings. The van der Waals surface area contributed by atoms with Gasteiger partial charge in [-0.1, -0.05) is 6.07 Å². The summed E-state index contributed by atoms with van der Waals surface area (Å²) in [5, 5.41) is 7.43. The van der Waals surface area contributed by atoms with Gasteiger partial charge >= 0.3 is 6.03 Å². The summed E-state index contributed by atoms with van der Waals surface area (Å²) in [6.07, 6.45) is 1.48. The van der Waals surface area contributed by atoms with Crippen LogP contribution in [0.5, 0.6) is 0 Å². The van der Waals surface area contributed by atoms with E-state index in [1.807, 2.05) is 48.9 Å². The molecule has 1 N–H and O–H groups in total. The molecule has 0 aliphatic carbocycles. The summed E-state index contributed by atoms with van der Waals surface area (Å²) in [4.78, 5) is 28.4. The van der Waals surface area contributed by atoms with Crippen LogP contribution in [0.4, 0.5) is 10.5 Å². The first-order valence-corrected chi connectivity index (χ1v) is 9.54. The summed E-state index contributed by atoms with van der Waals surface area (Å²) in [6, 6.07) is 12.8. The van der Waals surface area contributed by atoms with Crippen molar-refractivity contribution in [1.82, 2.24) is 19.6 Å². The summed E-state index contributed by atoms with van der Waals surface area (Å²) in [5.41, 5.74) is 3.57. The lowest BCUT2D eigenvalue weighted by molar-refractivity contribution is 0.0640. The molecule has 150 valence electrons. The van der Waals surface area contributed by atoms with E-state index in [2.05, 4.69) is 10.4 Å². The molecule has 4 rings (SSSR count). The molecule has 1 aliphatic heterocycles. The van der Waals surface area contributed by atoms with Crippen molar-refractivity contribution in [3.63, 3.8) is 0 Å². The van der Waals surface area contributed by atoms with Crippen LogP contribution < -0.4 is 5.32 Å². The molecule has 1 fully saturated rings. The summed E-state index contributed by atoms with van der Waals surface area (Å²) in [5.74, 6) is 0.177. The third kappa shape index (κ3) is 4.01. The van der Waals surface area contributed by atoms with Gasteiger partial charge in [-0.15, -0.1) is 0 Å². The molecule has 0 saturated carbocycles. The van der Waals surface area contributed by atoms with E-state index in [4.69, 9.17) is 4.42 Å². The van der Waals surface area contributed by atoms with Gasteiger partial charge in [0.05, 0.1) is 17.6 Å². The standard InChI is InChI=1S/C21H23N5O3/c1-15-13-16(2)26(23-15)18-6-3-5-17(14-18)22-21(28)25-10-8-24(9-11-25)20(27)19-7-4-12-29-19/h3-7,12-14H,8-11H2,1-2H3,(H,22,28). The van der Waals surface area contributed by atoms with Crippen molar-refractivity contribution in [2.75, 3.05) is 31.5 Å². The molecule has 0 radical (unpaired) electrons. The number of aromatic nitrogens is 2. The zero-order chi connectivity index (χ0) is 20.4. The summed E-state index contributed by atoms with van der Waals surface area (Å²) in [6.45, 7) is 5.82. The number of hydrogen-bond donors (Lipinski definition) is 1. The Bertz CT molecular complexity index is 1020. The number of nitrogens with one attached hydrogen (secondary N) is 1. The van der Waals surface area contributed by atoms with Crippen molar-refractivity contribution in [2.24, 2.45) is 0 Å². The van der Waals surface area contributed by atoms with Crippen molar-refractivity contribution in [1.29, 1.82) is 0 Å². The molecule has 0 unspecified atom stereocenters. The molecule has 0 atom stereocenters. The van der Waals surface area contributed by atoms with Crippen LogP contribution in [-0.2, 0) is 0 Å². The molecule has 0 bridgehead atoms. The molecule has 8 nitrogen and oxygen atoms in total. The van der Waals surface area contributed by atoms with Gasteiger partial charge in [0.15, 0.2) is 5.76 Å². The first kappa shape index (κ1) is 18.8. The highest BCUT2D eigenvalue weighted by Gasteiger charge is 2.26. The van der Waals surface area contributed by atoms with Crippen LogP contribution in [0.3, 0.4) is 0 Å². The van der Waals surface area contributed by atoms with E-state index in [9.17, 15) is 9.59 Å². The number of urea groups is 1. The summed E-state index contributed by atoms with van der Waals surface area (Å²) < 4.78 is 7.02. The monoisotopic (exact) mass is 393 g/mol. The van der Waals surface area contributed by atoms with E-state index in [0.29, 0.717) is 37.6 Å². The van der Waals surface area contributed by atoms with Crippen LogP contribution in [0, 0.1) is 13.8 Å². The zero-order valence-corrected chi connectivity index (χ0v) is 16.5. The maximum atomic E-state index is 12.7. The normalized spacial score (nSPS) is 14.1. The Hall–Kier alpha value is -3.55. The molecular weight excluding hydrogens is 370 g/mol. The number of furan rings is 1. The van der Waals surface area contributed by atoms with Gasteiger partial charge in [0.25, 0.3) is 5.91 Å². The minimum absolute atomic E-state index is 0.146. The van der Waals surface area contributed by atoms with E-state index in [1.165, 1.54) is 6.26 Å². The largest absolute Gasteiger partial charge is 0.459 e. The Kier molecular flexibility index (Phi) is 5.07. The Morgan fingerprint density at radius 3 is 2.41 bits per heavy atom. The Labute approximate surface area is 168 Å². The molecular formula is C21H23N5O3. The van der Waals surface area contributed by atoms with Gasteiger partial charge in [-0.3, -0.25) is 4.79 Å². The number of piperazine rings is 1. The lowest BCUT2D eigenvalue weighted by Gasteiger charge is -2.34. The van der Waals surface area contributed by atoms with Crippen molar-refractivity contribution in [3.8, 4) is 5.69 Å². The molecule has 8 heteroatoms. The minimum Gasteiger partial charge on any atom is -0.459 e. The average Bonchev–Trinajstić information content (AvgIpc) is 3.37. The maximum absolute atomic E-state index is 12.7. The number of carbonyl (C=O) groups excluding carboxylic acids is 2. The lowest BCUT2D eigenvalue weighted by atomic mass is 10.2. The molecule has 1 saturated heterocycles. The molecule has 2 aromatic heterocycles.